The molecule has 0 unspecified atom stereocenters. The van der Waals surface area contributed by atoms with E-state index >= 15 is 0 Å². The number of hydrogen-bond acceptors (Lipinski definition) is 2. The Morgan fingerprint density at radius 1 is 1.53 bits per heavy atom. The summed E-state index contributed by atoms with van der Waals surface area (Å²) in [4.78, 5) is 11.4. The third kappa shape index (κ3) is 4.85. The van der Waals surface area contributed by atoms with Crippen LogP contribution in [0.15, 0.2) is 0 Å². The van der Waals surface area contributed by atoms with Gasteiger partial charge in [-0.05, 0) is 38.5 Å². The van der Waals surface area contributed by atoms with Crippen molar-refractivity contribution in [3.05, 3.63) is 0 Å². The summed E-state index contributed by atoms with van der Waals surface area (Å²) in [6.45, 7) is 4.75. The van der Waals surface area contributed by atoms with Crippen LogP contribution in [0.25, 0.3) is 0 Å². The van der Waals surface area contributed by atoms with Crippen molar-refractivity contribution in [2.75, 3.05) is 19.0 Å². The molecule has 1 amide bonds. The first kappa shape index (κ1) is 12.8. The second-order valence-corrected chi connectivity index (χ2v) is 4.95. The van der Waals surface area contributed by atoms with E-state index in [2.05, 4.69) is 5.32 Å². The van der Waals surface area contributed by atoms with Crippen LogP contribution in [-0.2, 0) is 9.53 Å². The quantitative estimate of drug-likeness (QED) is 0.683. The van der Waals surface area contributed by atoms with E-state index in [0.29, 0.717) is 11.3 Å². The van der Waals surface area contributed by atoms with Gasteiger partial charge in [-0.3, -0.25) is 4.79 Å². The monoisotopic (exact) mass is 233 g/mol. The molecular formula is C11H20ClNO2. The van der Waals surface area contributed by atoms with E-state index in [1.165, 1.54) is 12.8 Å². The maximum Gasteiger partial charge on any atom is 0.246 e. The minimum atomic E-state index is -0.0236. The van der Waals surface area contributed by atoms with Crippen LogP contribution in [0.3, 0.4) is 0 Å². The van der Waals surface area contributed by atoms with E-state index in [0.717, 1.165) is 13.0 Å². The molecule has 1 saturated carbocycles. The van der Waals surface area contributed by atoms with Crippen LogP contribution in [-0.4, -0.2) is 31.0 Å². The van der Waals surface area contributed by atoms with Gasteiger partial charge >= 0.3 is 0 Å². The van der Waals surface area contributed by atoms with Gasteiger partial charge in [0.15, 0.2) is 0 Å². The summed E-state index contributed by atoms with van der Waals surface area (Å²) in [5.74, 6) is 0.655. The van der Waals surface area contributed by atoms with Crippen LogP contribution >= 0.6 is 11.6 Å². The van der Waals surface area contributed by atoms with Crippen LogP contribution in [0.2, 0.25) is 0 Å². The Morgan fingerprint density at radius 2 is 2.20 bits per heavy atom. The first-order valence-corrected chi connectivity index (χ1v) is 6.06. The van der Waals surface area contributed by atoms with Crippen molar-refractivity contribution in [2.45, 2.75) is 39.2 Å². The first-order valence-electron chi connectivity index (χ1n) is 5.52. The number of nitrogens with one attached hydrogen (secondary N) is 1. The summed E-state index contributed by atoms with van der Waals surface area (Å²) in [6, 6.07) is 0. The average molecular weight is 234 g/mol. The largest absolute Gasteiger partial charge is 0.369 e. The molecule has 1 fully saturated rings. The molecule has 1 N–H and O–H groups in total. The van der Waals surface area contributed by atoms with E-state index in [9.17, 15) is 4.79 Å². The maximum absolute atomic E-state index is 11.4. The molecule has 0 bridgehead atoms. The minimum Gasteiger partial charge on any atom is -0.369 e. The summed E-state index contributed by atoms with van der Waals surface area (Å²) >= 11 is 5.71. The Kier molecular flexibility index (Phi) is 4.87. The molecule has 4 heteroatoms. The predicted octanol–water partition coefficient (Wildman–Crippen LogP) is 1.94. The molecule has 0 atom stereocenters. The molecule has 0 aromatic rings. The van der Waals surface area contributed by atoms with Gasteiger partial charge in [0, 0.05) is 12.4 Å². The van der Waals surface area contributed by atoms with Gasteiger partial charge < -0.3 is 10.1 Å². The third-order valence-electron chi connectivity index (χ3n) is 2.79. The van der Waals surface area contributed by atoms with Gasteiger partial charge in [0.2, 0.25) is 5.91 Å². The lowest BCUT2D eigenvalue weighted by atomic mass is 10.0. The second kappa shape index (κ2) is 5.71. The predicted molar refractivity (Wildman–Crippen MR) is 61.1 cm³/mol. The Morgan fingerprint density at radius 3 is 2.67 bits per heavy atom. The fraction of sp³-hybridized carbons (Fsp3) is 0.909. The molecule has 15 heavy (non-hydrogen) atoms. The van der Waals surface area contributed by atoms with Crippen molar-refractivity contribution in [2.24, 2.45) is 5.41 Å². The van der Waals surface area contributed by atoms with Gasteiger partial charge in [-0.1, -0.05) is 0 Å². The van der Waals surface area contributed by atoms with Crippen molar-refractivity contribution in [1.82, 2.24) is 5.32 Å². The average Bonchev–Trinajstić information content (AvgIpc) is 2.93. The zero-order valence-corrected chi connectivity index (χ0v) is 10.3. The molecule has 0 aliphatic heterocycles. The number of rotatable bonds is 7. The molecule has 0 aromatic heterocycles. The summed E-state index contributed by atoms with van der Waals surface area (Å²) in [6.07, 6.45) is 3.48. The van der Waals surface area contributed by atoms with Crippen LogP contribution in [0.5, 0.6) is 0 Å². The van der Waals surface area contributed by atoms with Crippen molar-refractivity contribution in [1.29, 1.82) is 0 Å². The maximum atomic E-state index is 11.4. The number of amides is 1. The van der Waals surface area contributed by atoms with E-state index in [-0.39, 0.29) is 18.6 Å². The van der Waals surface area contributed by atoms with Crippen LogP contribution < -0.4 is 5.32 Å². The van der Waals surface area contributed by atoms with E-state index < -0.39 is 0 Å². The number of carbonyl (C=O) groups excluding carboxylic acids is 1. The smallest absolute Gasteiger partial charge is 0.246 e. The zero-order valence-electron chi connectivity index (χ0n) is 9.51. The molecular weight excluding hydrogens is 214 g/mol. The number of halogens is 1. The fourth-order valence-electron chi connectivity index (χ4n) is 1.47. The highest BCUT2D eigenvalue weighted by atomic mass is 35.5. The first-order chi connectivity index (χ1) is 7.08. The van der Waals surface area contributed by atoms with Gasteiger partial charge in [-0.25, -0.2) is 0 Å². The molecule has 88 valence electrons. The number of carbonyl (C=O) groups is 1. The van der Waals surface area contributed by atoms with E-state index in [4.69, 9.17) is 16.3 Å². The molecule has 3 nitrogen and oxygen atoms in total. The van der Waals surface area contributed by atoms with Crippen molar-refractivity contribution >= 4 is 17.5 Å². The lowest BCUT2D eigenvalue weighted by molar-refractivity contribution is -0.127. The van der Waals surface area contributed by atoms with Gasteiger partial charge in [-0.15, -0.1) is 11.6 Å². The SMILES string of the molecule is CC(C)OCC(=O)NCC1(CCCl)CC1. The normalized spacial score (nSPS) is 17.9. The zero-order chi connectivity index (χ0) is 11.3. The number of alkyl halides is 1. The minimum absolute atomic E-state index is 0.0236. The van der Waals surface area contributed by atoms with Crippen molar-refractivity contribution in [3.8, 4) is 0 Å². The highest BCUT2D eigenvalue weighted by Crippen LogP contribution is 2.48. The van der Waals surface area contributed by atoms with Gasteiger partial charge in [0.1, 0.15) is 6.61 Å². The topological polar surface area (TPSA) is 38.3 Å². The van der Waals surface area contributed by atoms with Gasteiger partial charge in [-0.2, -0.15) is 0 Å². The molecule has 1 aliphatic carbocycles. The molecule has 0 aromatic carbocycles. The molecule has 1 aliphatic rings. The Labute approximate surface area is 96.5 Å². The summed E-state index contributed by atoms with van der Waals surface area (Å²) < 4.78 is 5.21. The second-order valence-electron chi connectivity index (χ2n) is 4.58. The van der Waals surface area contributed by atoms with Crippen LogP contribution in [0.4, 0.5) is 0 Å². The molecule has 0 spiro atoms. The molecule has 0 heterocycles. The number of ether oxygens (including phenoxy) is 1. The lowest BCUT2D eigenvalue weighted by Crippen LogP contribution is -2.33. The number of hydrogen-bond donors (Lipinski definition) is 1. The van der Waals surface area contributed by atoms with Crippen LogP contribution in [0.1, 0.15) is 33.1 Å². The summed E-state index contributed by atoms with van der Waals surface area (Å²) in [5, 5.41) is 2.90. The standard InChI is InChI=1S/C11H20ClNO2/c1-9(2)15-7-10(14)13-8-11(3-4-11)5-6-12/h9H,3-8H2,1-2H3,(H,13,14). The molecule has 0 radical (unpaired) electrons. The fourth-order valence-corrected chi connectivity index (χ4v) is 1.87. The van der Waals surface area contributed by atoms with Crippen LogP contribution in [0, 0.1) is 5.41 Å². The van der Waals surface area contributed by atoms with E-state index in [1.54, 1.807) is 0 Å². The lowest BCUT2D eigenvalue weighted by Gasteiger charge is -2.14. The molecule has 1 rings (SSSR count). The highest BCUT2D eigenvalue weighted by Gasteiger charge is 2.41. The van der Waals surface area contributed by atoms with Crippen molar-refractivity contribution in [3.63, 3.8) is 0 Å². The van der Waals surface area contributed by atoms with Crippen molar-refractivity contribution < 1.29 is 9.53 Å². The Bertz CT molecular complexity index is 215. The Hall–Kier alpha value is -0.280. The van der Waals surface area contributed by atoms with Gasteiger partial charge in [0.25, 0.3) is 0 Å². The summed E-state index contributed by atoms with van der Waals surface area (Å²) in [5.41, 5.74) is 0.301. The molecule has 0 saturated heterocycles. The third-order valence-corrected chi connectivity index (χ3v) is 2.98. The Balaban J connectivity index is 2.11. The highest BCUT2D eigenvalue weighted by molar-refractivity contribution is 6.17. The summed E-state index contributed by atoms with van der Waals surface area (Å²) in [7, 11) is 0. The van der Waals surface area contributed by atoms with E-state index in [1.807, 2.05) is 13.8 Å². The van der Waals surface area contributed by atoms with Gasteiger partial charge in [0.05, 0.1) is 6.10 Å².